The quantitative estimate of drug-likeness (QED) is 0.629. The smallest absolute Gasteiger partial charge is 0.326 e. The minimum Gasteiger partial charge on any atom is -0.496 e. The monoisotopic (exact) mass is 360 g/mol. The average Bonchev–Trinajstić information content (AvgIpc) is 3.15. The van der Waals surface area contributed by atoms with Crippen molar-refractivity contribution in [2.75, 3.05) is 20.8 Å². The van der Waals surface area contributed by atoms with Gasteiger partial charge >= 0.3 is 5.97 Å². The van der Waals surface area contributed by atoms with Gasteiger partial charge in [0.15, 0.2) is 0 Å². The molecule has 7 heteroatoms. The van der Waals surface area contributed by atoms with E-state index >= 15 is 0 Å². The van der Waals surface area contributed by atoms with Gasteiger partial charge in [-0.1, -0.05) is 25.1 Å². The van der Waals surface area contributed by atoms with E-state index in [1.807, 2.05) is 25.1 Å². The molecule has 0 radical (unpaired) electrons. The minimum atomic E-state index is -1.23. The molecule has 2 heterocycles. The zero-order valence-corrected chi connectivity index (χ0v) is 15.4. The maximum absolute atomic E-state index is 13.0. The lowest BCUT2D eigenvalue weighted by Gasteiger charge is -2.31. The van der Waals surface area contributed by atoms with Gasteiger partial charge in [0.1, 0.15) is 11.3 Å². The summed E-state index contributed by atoms with van der Waals surface area (Å²) in [6.45, 7) is 3.86. The summed E-state index contributed by atoms with van der Waals surface area (Å²) in [5.74, 6) is -1.95. The highest BCUT2D eigenvalue weighted by Crippen LogP contribution is 2.51. The summed E-state index contributed by atoms with van der Waals surface area (Å²) in [4.78, 5) is 39.9. The third-order valence-electron chi connectivity index (χ3n) is 5.64. The summed E-state index contributed by atoms with van der Waals surface area (Å²) in [6.07, 6.45) is 0.336. The number of amides is 2. The molecule has 140 valence electrons. The molecule has 2 fully saturated rings. The largest absolute Gasteiger partial charge is 0.496 e. The number of ether oxygens (including phenoxy) is 2. The molecule has 3 rings (SSSR count). The molecular weight excluding hydrogens is 336 g/mol. The topological polar surface area (TPSA) is 84.9 Å². The maximum atomic E-state index is 13.0. The van der Waals surface area contributed by atoms with Crippen molar-refractivity contribution in [1.29, 1.82) is 0 Å². The Morgan fingerprint density at radius 3 is 2.46 bits per heavy atom. The number of para-hydroxylation sites is 1. The van der Waals surface area contributed by atoms with Crippen LogP contribution in [0.4, 0.5) is 0 Å². The Balaban J connectivity index is 2.17. The van der Waals surface area contributed by atoms with Crippen LogP contribution in [-0.2, 0) is 19.1 Å². The van der Waals surface area contributed by atoms with E-state index in [9.17, 15) is 14.4 Å². The summed E-state index contributed by atoms with van der Waals surface area (Å²) in [5.41, 5.74) is -0.481. The zero-order chi connectivity index (χ0) is 19.1. The highest BCUT2D eigenvalue weighted by molar-refractivity contribution is 6.09. The van der Waals surface area contributed by atoms with Gasteiger partial charge in [0.2, 0.25) is 11.8 Å². The van der Waals surface area contributed by atoms with Crippen molar-refractivity contribution in [2.24, 2.45) is 11.8 Å². The van der Waals surface area contributed by atoms with Crippen molar-refractivity contribution in [3.63, 3.8) is 0 Å². The summed E-state index contributed by atoms with van der Waals surface area (Å²) in [5, 5.41) is 3.28. The second-order valence-electron chi connectivity index (χ2n) is 6.60. The van der Waals surface area contributed by atoms with Crippen LogP contribution in [0.2, 0.25) is 0 Å². The van der Waals surface area contributed by atoms with Crippen molar-refractivity contribution >= 4 is 17.8 Å². The van der Waals surface area contributed by atoms with Crippen molar-refractivity contribution in [3.8, 4) is 5.75 Å². The van der Waals surface area contributed by atoms with Gasteiger partial charge in [-0.15, -0.1) is 0 Å². The first-order valence-electron chi connectivity index (χ1n) is 8.81. The first-order chi connectivity index (χ1) is 12.5. The summed E-state index contributed by atoms with van der Waals surface area (Å²) in [7, 11) is 2.85. The van der Waals surface area contributed by atoms with Crippen molar-refractivity contribution in [3.05, 3.63) is 29.8 Å². The molecule has 7 nitrogen and oxygen atoms in total. The standard InChI is InChI=1S/C19H24N2O5/c1-5-19(18(24)26-4)14-13(16(22)21(6-2)17(14)23)15(20-19)11-9-7-8-10-12(11)25-3/h7-10,13-15,20H,5-6H2,1-4H3/t13-,14-,15-,19+/m0/s1. The molecule has 2 aliphatic rings. The number of hydrogen-bond donors (Lipinski definition) is 1. The molecule has 0 aromatic heterocycles. The Morgan fingerprint density at radius 1 is 1.19 bits per heavy atom. The number of carbonyl (C=O) groups excluding carboxylic acids is 3. The number of hydrogen-bond acceptors (Lipinski definition) is 6. The fourth-order valence-electron chi connectivity index (χ4n) is 4.40. The van der Waals surface area contributed by atoms with Crippen LogP contribution in [0.15, 0.2) is 24.3 Å². The second-order valence-corrected chi connectivity index (χ2v) is 6.60. The maximum Gasteiger partial charge on any atom is 0.326 e. The lowest BCUT2D eigenvalue weighted by atomic mass is 9.78. The van der Waals surface area contributed by atoms with E-state index in [2.05, 4.69) is 5.32 Å². The Kier molecular flexibility index (Phi) is 4.75. The van der Waals surface area contributed by atoms with Gasteiger partial charge in [0, 0.05) is 18.2 Å². The third kappa shape index (κ3) is 2.34. The number of methoxy groups -OCH3 is 2. The number of fused-ring (bicyclic) bond motifs is 1. The molecule has 0 unspecified atom stereocenters. The van der Waals surface area contributed by atoms with E-state index in [-0.39, 0.29) is 18.4 Å². The van der Waals surface area contributed by atoms with Crippen molar-refractivity contribution in [1.82, 2.24) is 10.2 Å². The number of benzene rings is 1. The molecule has 0 bridgehead atoms. The molecule has 0 saturated carbocycles. The highest BCUT2D eigenvalue weighted by atomic mass is 16.5. The van der Waals surface area contributed by atoms with Crippen molar-refractivity contribution in [2.45, 2.75) is 31.8 Å². The second kappa shape index (κ2) is 6.72. The lowest BCUT2D eigenvalue weighted by Crippen LogP contribution is -2.55. The van der Waals surface area contributed by atoms with Gasteiger partial charge in [-0.3, -0.25) is 24.6 Å². The number of carbonyl (C=O) groups is 3. The Hall–Kier alpha value is -2.41. The molecular formula is C19H24N2O5. The molecule has 4 atom stereocenters. The van der Waals surface area contributed by atoms with Crippen LogP contribution in [0.5, 0.6) is 5.75 Å². The number of nitrogens with zero attached hydrogens (tertiary/aromatic N) is 1. The first-order valence-corrected chi connectivity index (χ1v) is 8.81. The predicted molar refractivity (Wildman–Crippen MR) is 93.3 cm³/mol. The highest BCUT2D eigenvalue weighted by Gasteiger charge is 2.68. The lowest BCUT2D eigenvalue weighted by molar-refractivity contribution is -0.154. The fraction of sp³-hybridized carbons (Fsp3) is 0.526. The number of likely N-dealkylation sites (tertiary alicyclic amines) is 1. The zero-order valence-electron chi connectivity index (χ0n) is 15.4. The van der Waals surface area contributed by atoms with Crippen LogP contribution < -0.4 is 10.1 Å². The number of imide groups is 1. The van der Waals surface area contributed by atoms with E-state index in [0.29, 0.717) is 12.2 Å². The average molecular weight is 360 g/mol. The summed E-state index contributed by atoms with van der Waals surface area (Å²) in [6, 6.07) is 6.82. The summed E-state index contributed by atoms with van der Waals surface area (Å²) >= 11 is 0. The molecule has 1 N–H and O–H groups in total. The van der Waals surface area contributed by atoms with Gasteiger partial charge < -0.3 is 9.47 Å². The normalized spacial score (nSPS) is 30.5. The van der Waals surface area contributed by atoms with E-state index in [1.165, 1.54) is 12.0 Å². The van der Waals surface area contributed by atoms with E-state index in [0.717, 1.165) is 5.56 Å². The number of rotatable bonds is 5. The van der Waals surface area contributed by atoms with Crippen molar-refractivity contribution < 1.29 is 23.9 Å². The number of nitrogens with one attached hydrogen (secondary N) is 1. The van der Waals surface area contributed by atoms with Gasteiger partial charge in [0.25, 0.3) is 0 Å². The van der Waals surface area contributed by atoms with Gasteiger partial charge in [0.05, 0.1) is 26.1 Å². The van der Waals surface area contributed by atoms with Gasteiger partial charge in [-0.2, -0.15) is 0 Å². The van der Waals surface area contributed by atoms with Crippen LogP contribution in [0.3, 0.4) is 0 Å². The summed E-state index contributed by atoms with van der Waals surface area (Å²) < 4.78 is 10.5. The molecule has 2 amide bonds. The third-order valence-corrected chi connectivity index (χ3v) is 5.64. The number of esters is 1. The van der Waals surface area contributed by atoms with Crippen LogP contribution in [-0.4, -0.2) is 49.0 Å². The first kappa shape index (κ1) is 18.4. The Bertz CT molecular complexity index is 749. The molecule has 0 aliphatic carbocycles. The molecule has 1 aromatic carbocycles. The Morgan fingerprint density at radius 2 is 1.88 bits per heavy atom. The van der Waals surface area contributed by atoms with E-state index in [4.69, 9.17) is 9.47 Å². The van der Waals surface area contributed by atoms with Crippen LogP contribution in [0.25, 0.3) is 0 Å². The fourth-order valence-corrected chi connectivity index (χ4v) is 4.40. The Labute approximate surface area is 152 Å². The minimum absolute atomic E-state index is 0.259. The van der Waals surface area contributed by atoms with E-state index in [1.54, 1.807) is 20.1 Å². The SMILES string of the molecule is CCN1C(=O)[C@H]2[C@@H](C1=O)[C@](CC)(C(=O)OC)N[C@H]2c1ccccc1OC. The molecule has 1 aromatic rings. The van der Waals surface area contributed by atoms with Gasteiger partial charge in [-0.05, 0) is 19.4 Å². The molecule has 2 aliphatic heterocycles. The molecule has 2 saturated heterocycles. The van der Waals surface area contributed by atoms with Crippen LogP contribution >= 0.6 is 0 Å². The molecule has 0 spiro atoms. The van der Waals surface area contributed by atoms with Crippen LogP contribution in [0, 0.1) is 11.8 Å². The predicted octanol–water partition coefficient (Wildman–Crippen LogP) is 1.28. The van der Waals surface area contributed by atoms with Gasteiger partial charge in [-0.25, -0.2) is 0 Å². The van der Waals surface area contributed by atoms with Crippen LogP contribution in [0.1, 0.15) is 31.9 Å². The molecule has 26 heavy (non-hydrogen) atoms. The van der Waals surface area contributed by atoms with E-state index < -0.39 is 29.4 Å².